The first-order valence-electron chi connectivity index (χ1n) is 9.63. The topological polar surface area (TPSA) is 37.5 Å². The summed E-state index contributed by atoms with van der Waals surface area (Å²) in [5.74, 6) is 0.193. The van der Waals surface area contributed by atoms with Crippen molar-refractivity contribution in [1.82, 2.24) is 4.57 Å². The number of fused-ring (bicyclic) bond motifs is 1. The lowest BCUT2D eigenvalue weighted by Crippen LogP contribution is -2.00. The maximum absolute atomic E-state index is 11.0. The number of allylic oxidation sites excluding steroid dienone is 1. The van der Waals surface area contributed by atoms with Gasteiger partial charge in [-0.25, -0.2) is 4.99 Å². The second kappa shape index (κ2) is 7.86. The second-order valence-corrected chi connectivity index (χ2v) is 8.70. The molecule has 0 amide bonds. The first-order valence-corrected chi connectivity index (χ1v) is 10.9. The Bertz CT molecular complexity index is 1330. The van der Waals surface area contributed by atoms with E-state index >= 15 is 0 Å². The third kappa shape index (κ3) is 3.43. The zero-order valence-electron chi connectivity index (χ0n) is 16.0. The van der Waals surface area contributed by atoms with Crippen LogP contribution in [0.1, 0.15) is 21.6 Å². The van der Waals surface area contributed by atoms with E-state index in [1.54, 1.807) is 4.57 Å². The van der Waals surface area contributed by atoms with E-state index in [0.717, 1.165) is 38.5 Å². The molecule has 0 unspecified atom stereocenters. The van der Waals surface area contributed by atoms with Crippen molar-refractivity contribution >= 4 is 46.6 Å². The van der Waals surface area contributed by atoms with E-state index < -0.39 is 0 Å². The van der Waals surface area contributed by atoms with Crippen molar-refractivity contribution < 1.29 is 5.11 Å². The van der Waals surface area contributed by atoms with Crippen molar-refractivity contribution in [1.29, 1.82) is 0 Å². The van der Waals surface area contributed by atoms with Crippen LogP contribution in [-0.2, 0) is 6.54 Å². The number of thiazole rings is 1. The first-order chi connectivity index (χ1) is 14.7. The van der Waals surface area contributed by atoms with Gasteiger partial charge in [-0.15, -0.1) is 11.3 Å². The van der Waals surface area contributed by atoms with Crippen LogP contribution in [0.2, 0.25) is 0 Å². The van der Waals surface area contributed by atoms with Gasteiger partial charge in [0.2, 0.25) is 5.88 Å². The van der Waals surface area contributed by atoms with Crippen LogP contribution in [0.3, 0.4) is 0 Å². The summed E-state index contributed by atoms with van der Waals surface area (Å²) in [5, 5.41) is 11.0. The molecule has 1 aromatic heterocycles. The minimum absolute atomic E-state index is 0.193. The number of hydrogen-bond donors (Lipinski definition) is 1. The van der Waals surface area contributed by atoms with Crippen LogP contribution in [0.25, 0.3) is 11.6 Å². The Morgan fingerprint density at radius 2 is 1.57 bits per heavy atom. The molecular formula is C25H18N2OS2. The number of aliphatic imine (C=N–C) groups is 1. The molecule has 0 spiro atoms. The van der Waals surface area contributed by atoms with Gasteiger partial charge >= 0.3 is 0 Å². The van der Waals surface area contributed by atoms with Gasteiger partial charge in [0.25, 0.3) is 0 Å². The molecule has 30 heavy (non-hydrogen) atoms. The van der Waals surface area contributed by atoms with Crippen LogP contribution in [0.5, 0.6) is 5.88 Å². The molecule has 146 valence electrons. The van der Waals surface area contributed by atoms with Crippen LogP contribution in [-0.4, -0.2) is 15.4 Å². The standard InChI is InChI=1S/C25H18N2OS2/c28-24-22(30-25(29)27(24)16-17-9-3-1-4-10-17)15-20-19-13-7-8-14-21(19)26-23(20)18-11-5-2-6-12-18/h1-15,28H,16H2/b20-15+. The van der Waals surface area contributed by atoms with Gasteiger partial charge in [0.1, 0.15) is 0 Å². The van der Waals surface area contributed by atoms with E-state index in [2.05, 4.69) is 18.2 Å². The minimum atomic E-state index is 0.193. The van der Waals surface area contributed by atoms with Gasteiger partial charge in [0.05, 0.1) is 22.8 Å². The minimum Gasteiger partial charge on any atom is -0.493 e. The molecule has 0 atom stereocenters. The smallest absolute Gasteiger partial charge is 0.210 e. The fraction of sp³-hybridized carbons (Fsp3) is 0.0400. The van der Waals surface area contributed by atoms with Crippen molar-refractivity contribution in [2.75, 3.05) is 0 Å². The molecule has 2 heterocycles. The predicted molar refractivity (Wildman–Crippen MR) is 127 cm³/mol. The summed E-state index contributed by atoms with van der Waals surface area (Å²) in [4.78, 5) is 5.61. The summed E-state index contributed by atoms with van der Waals surface area (Å²) in [5.41, 5.74) is 6.05. The van der Waals surface area contributed by atoms with Crippen molar-refractivity contribution in [3.63, 3.8) is 0 Å². The number of aromatic hydroxyl groups is 1. The number of para-hydroxylation sites is 1. The SMILES string of the molecule is Oc1c(/C=C2/C(c3ccccc3)=Nc3ccccc32)sc(=S)n1Cc1ccccc1. The number of benzene rings is 3. The van der Waals surface area contributed by atoms with Crippen molar-refractivity contribution in [3.05, 3.63) is 110 Å². The molecule has 0 saturated heterocycles. The van der Waals surface area contributed by atoms with Crippen molar-refractivity contribution in [2.45, 2.75) is 6.54 Å². The fourth-order valence-electron chi connectivity index (χ4n) is 3.61. The van der Waals surface area contributed by atoms with Gasteiger partial charge in [-0.05, 0) is 29.9 Å². The molecule has 0 saturated carbocycles. The van der Waals surface area contributed by atoms with Gasteiger partial charge in [0.15, 0.2) is 3.95 Å². The van der Waals surface area contributed by atoms with E-state index in [0.29, 0.717) is 10.5 Å². The van der Waals surface area contributed by atoms with E-state index in [1.165, 1.54) is 11.3 Å². The third-order valence-electron chi connectivity index (χ3n) is 5.08. The Balaban J connectivity index is 1.61. The second-order valence-electron chi connectivity index (χ2n) is 7.03. The fourth-order valence-corrected chi connectivity index (χ4v) is 4.86. The van der Waals surface area contributed by atoms with E-state index in [4.69, 9.17) is 17.2 Å². The van der Waals surface area contributed by atoms with E-state index in [1.807, 2.05) is 72.8 Å². The number of aromatic nitrogens is 1. The highest BCUT2D eigenvalue weighted by molar-refractivity contribution is 7.73. The van der Waals surface area contributed by atoms with Crippen LogP contribution in [0, 0.1) is 3.95 Å². The largest absolute Gasteiger partial charge is 0.493 e. The normalized spacial score (nSPS) is 14.0. The van der Waals surface area contributed by atoms with Gasteiger partial charge in [-0.2, -0.15) is 0 Å². The van der Waals surface area contributed by atoms with Gasteiger partial charge in [-0.1, -0.05) is 78.9 Å². The number of hydrogen-bond acceptors (Lipinski definition) is 4. The summed E-state index contributed by atoms with van der Waals surface area (Å²) in [6, 6.07) is 28.2. The average Bonchev–Trinajstić information content (AvgIpc) is 3.28. The molecule has 5 heteroatoms. The first kappa shape index (κ1) is 18.7. The summed E-state index contributed by atoms with van der Waals surface area (Å²) < 4.78 is 2.43. The molecule has 0 aliphatic carbocycles. The molecule has 0 bridgehead atoms. The number of rotatable bonds is 4. The highest BCUT2D eigenvalue weighted by Crippen LogP contribution is 2.40. The van der Waals surface area contributed by atoms with Crippen LogP contribution in [0.4, 0.5) is 5.69 Å². The Morgan fingerprint density at radius 1 is 0.900 bits per heavy atom. The molecule has 1 aliphatic rings. The maximum Gasteiger partial charge on any atom is 0.210 e. The maximum atomic E-state index is 11.0. The molecule has 5 rings (SSSR count). The van der Waals surface area contributed by atoms with E-state index in [9.17, 15) is 5.11 Å². The summed E-state index contributed by atoms with van der Waals surface area (Å²) in [6.07, 6.45) is 2.01. The molecular weight excluding hydrogens is 408 g/mol. The molecule has 0 fully saturated rings. The zero-order chi connectivity index (χ0) is 20.5. The van der Waals surface area contributed by atoms with Crippen molar-refractivity contribution in [2.24, 2.45) is 4.99 Å². The number of nitrogens with zero attached hydrogens (tertiary/aromatic N) is 2. The van der Waals surface area contributed by atoms with Crippen LogP contribution < -0.4 is 0 Å². The van der Waals surface area contributed by atoms with Gasteiger partial charge in [0, 0.05) is 16.7 Å². The molecule has 4 aromatic rings. The highest BCUT2D eigenvalue weighted by Gasteiger charge is 2.23. The zero-order valence-corrected chi connectivity index (χ0v) is 17.7. The van der Waals surface area contributed by atoms with E-state index in [-0.39, 0.29) is 5.88 Å². The highest BCUT2D eigenvalue weighted by atomic mass is 32.1. The predicted octanol–water partition coefficient (Wildman–Crippen LogP) is 6.71. The molecule has 3 aromatic carbocycles. The van der Waals surface area contributed by atoms with Crippen LogP contribution in [0.15, 0.2) is 89.9 Å². The summed E-state index contributed by atoms with van der Waals surface area (Å²) in [6.45, 7) is 0.543. The quantitative estimate of drug-likeness (QED) is 0.368. The summed E-state index contributed by atoms with van der Waals surface area (Å²) >= 11 is 6.98. The average molecular weight is 427 g/mol. The van der Waals surface area contributed by atoms with Gasteiger partial charge < -0.3 is 5.11 Å². The Morgan fingerprint density at radius 3 is 2.33 bits per heavy atom. The molecule has 0 radical (unpaired) electrons. The van der Waals surface area contributed by atoms with Crippen molar-refractivity contribution in [3.8, 4) is 5.88 Å². The lowest BCUT2D eigenvalue weighted by Gasteiger charge is -2.07. The van der Waals surface area contributed by atoms with Gasteiger partial charge in [-0.3, -0.25) is 4.57 Å². The Hall–Kier alpha value is -3.28. The third-order valence-corrected chi connectivity index (χ3v) is 6.47. The lowest BCUT2D eigenvalue weighted by atomic mass is 9.97. The Labute approximate surface area is 183 Å². The Kier molecular flexibility index (Phi) is 4.91. The monoisotopic (exact) mass is 426 g/mol. The summed E-state index contributed by atoms with van der Waals surface area (Å²) in [7, 11) is 0. The molecule has 3 nitrogen and oxygen atoms in total. The molecule has 1 aliphatic heterocycles. The van der Waals surface area contributed by atoms with Crippen LogP contribution >= 0.6 is 23.6 Å². The lowest BCUT2D eigenvalue weighted by molar-refractivity contribution is 0.422. The molecule has 1 N–H and O–H groups in total.